The molecule has 0 aliphatic carbocycles. The Morgan fingerprint density at radius 3 is 2.74 bits per heavy atom. The molecule has 1 aromatic heterocycles. The molecule has 0 amide bonds. The van der Waals surface area contributed by atoms with Crippen LogP contribution in [0.25, 0.3) is 11.0 Å². The maximum atomic E-state index is 11.4. The number of hydrogen-bond acceptors (Lipinski definition) is 3. The van der Waals surface area contributed by atoms with Crippen molar-refractivity contribution in [2.24, 2.45) is 0 Å². The molecule has 0 unspecified atom stereocenters. The van der Waals surface area contributed by atoms with Gasteiger partial charge in [-0.3, -0.25) is 0 Å². The maximum absolute atomic E-state index is 11.4. The lowest BCUT2D eigenvalue weighted by atomic mass is 10.0. The van der Waals surface area contributed by atoms with E-state index >= 15 is 0 Å². The number of methoxy groups -OCH3 is 1. The minimum Gasteiger partial charge on any atom is -0.496 e. The quantitative estimate of drug-likeness (QED) is 0.620. The van der Waals surface area contributed by atoms with Crippen LogP contribution in [0.3, 0.4) is 0 Å². The summed E-state index contributed by atoms with van der Waals surface area (Å²) in [5, 5.41) is 0.915. The normalized spacial score (nSPS) is 11.8. The fourth-order valence-electron chi connectivity index (χ4n) is 1.98. The molecule has 0 aliphatic rings. The van der Waals surface area contributed by atoms with E-state index in [4.69, 9.17) is 9.15 Å². The van der Waals surface area contributed by atoms with E-state index < -0.39 is 0 Å². The van der Waals surface area contributed by atoms with Crippen molar-refractivity contribution < 1.29 is 9.15 Å². The SMILES string of the molecule is CCC(C)=CCc1c(OC)ccc2ccc(=O)oc12. The fraction of sp³-hybridized carbons (Fsp3) is 0.312. The van der Waals surface area contributed by atoms with E-state index in [0.29, 0.717) is 12.0 Å². The van der Waals surface area contributed by atoms with Gasteiger partial charge in [-0.25, -0.2) is 4.79 Å². The fourth-order valence-corrected chi connectivity index (χ4v) is 1.98. The lowest BCUT2D eigenvalue weighted by Gasteiger charge is -2.09. The molecular weight excluding hydrogens is 240 g/mol. The van der Waals surface area contributed by atoms with Crippen LogP contribution in [-0.4, -0.2) is 7.11 Å². The molecule has 1 heterocycles. The number of ether oxygens (including phenoxy) is 1. The van der Waals surface area contributed by atoms with Crippen molar-refractivity contribution in [1.82, 2.24) is 0 Å². The summed E-state index contributed by atoms with van der Waals surface area (Å²) in [6.07, 6.45) is 3.86. The van der Waals surface area contributed by atoms with Gasteiger partial charge in [0.1, 0.15) is 11.3 Å². The van der Waals surface area contributed by atoms with Crippen molar-refractivity contribution in [2.45, 2.75) is 26.7 Å². The maximum Gasteiger partial charge on any atom is 0.336 e. The summed E-state index contributed by atoms with van der Waals surface area (Å²) < 4.78 is 10.7. The summed E-state index contributed by atoms with van der Waals surface area (Å²) in [7, 11) is 1.63. The number of rotatable bonds is 4. The third-order valence-electron chi connectivity index (χ3n) is 3.28. The molecular formula is C16H18O3. The zero-order valence-electron chi connectivity index (χ0n) is 11.5. The van der Waals surface area contributed by atoms with Gasteiger partial charge >= 0.3 is 5.63 Å². The minimum absolute atomic E-state index is 0.335. The third kappa shape index (κ3) is 2.87. The number of benzene rings is 1. The molecule has 0 saturated carbocycles. The van der Waals surface area contributed by atoms with Crippen molar-refractivity contribution >= 4 is 11.0 Å². The van der Waals surface area contributed by atoms with Crippen LogP contribution in [0.15, 0.2) is 45.1 Å². The molecule has 0 spiro atoms. The first-order chi connectivity index (χ1) is 9.15. The molecule has 0 atom stereocenters. The molecule has 0 fully saturated rings. The Morgan fingerprint density at radius 1 is 1.32 bits per heavy atom. The topological polar surface area (TPSA) is 39.4 Å². The smallest absolute Gasteiger partial charge is 0.336 e. The average molecular weight is 258 g/mol. The van der Waals surface area contributed by atoms with Gasteiger partial charge < -0.3 is 9.15 Å². The first-order valence-electron chi connectivity index (χ1n) is 6.41. The Bertz CT molecular complexity index is 665. The van der Waals surface area contributed by atoms with Crippen LogP contribution in [0.1, 0.15) is 25.8 Å². The molecule has 0 aliphatic heterocycles. The minimum atomic E-state index is -0.335. The second-order valence-electron chi connectivity index (χ2n) is 4.53. The van der Waals surface area contributed by atoms with Gasteiger partial charge in [-0.2, -0.15) is 0 Å². The monoisotopic (exact) mass is 258 g/mol. The van der Waals surface area contributed by atoms with Crippen LogP contribution in [0, 0.1) is 0 Å². The number of allylic oxidation sites excluding steroid dienone is 2. The molecule has 0 radical (unpaired) electrons. The van der Waals surface area contributed by atoms with Crippen molar-refractivity contribution in [3.8, 4) is 5.75 Å². The van der Waals surface area contributed by atoms with E-state index in [1.54, 1.807) is 13.2 Å². The predicted octanol–water partition coefficient (Wildman–Crippen LogP) is 3.70. The molecule has 3 heteroatoms. The van der Waals surface area contributed by atoms with Gasteiger partial charge in [-0.1, -0.05) is 18.6 Å². The van der Waals surface area contributed by atoms with E-state index in [9.17, 15) is 4.79 Å². The lowest BCUT2D eigenvalue weighted by Crippen LogP contribution is -1.99. The Labute approximate surface area is 112 Å². The zero-order chi connectivity index (χ0) is 13.8. The molecule has 19 heavy (non-hydrogen) atoms. The van der Waals surface area contributed by atoms with Crippen molar-refractivity contribution in [1.29, 1.82) is 0 Å². The lowest BCUT2D eigenvalue weighted by molar-refractivity contribution is 0.409. The van der Waals surface area contributed by atoms with E-state index in [1.165, 1.54) is 11.6 Å². The Morgan fingerprint density at radius 2 is 2.05 bits per heavy atom. The number of fused-ring (bicyclic) bond motifs is 1. The molecule has 0 N–H and O–H groups in total. The van der Waals surface area contributed by atoms with Gasteiger partial charge in [0.15, 0.2) is 0 Å². The first kappa shape index (κ1) is 13.4. The highest BCUT2D eigenvalue weighted by Gasteiger charge is 2.10. The summed E-state index contributed by atoms with van der Waals surface area (Å²) in [6.45, 7) is 4.21. The standard InChI is InChI=1S/C16H18O3/c1-4-11(2)5-8-13-14(18-3)9-6-12-7-10-15(17)19-16(12)13/h5-7,9-10H,4,8H2,1-3H3. The summed E-state index contributed by atoms with van der Waals surface area (Å²) >= 11 is 0. The molecule has 100 valence electrons. The summed E-state index contributed by atoms with van der Waals surface area (Å²) in [4.78, 5) is 11.4. The van der Waals surface area contributed by atoms with E-state index in [0.717, 1.165) is 23.1 Å². The summed E-state index contributed by atoms with van der Waals surface area (Å²) in [5.41, 5.74) is 2.51. The second kappa shape index (κ2) is 5.74. The highest BCUT2D eigenvalue weighted by atomic mass is 16.5. The molecule has 0 saturated heterocycles. The Hall–Kier alpha value is -2.03. The van der Waals surface area contributed by atoms with Gasteiger partial charge in [0.25, 0.3) is 0 Å². The molecule has 0 bridgehead atoms. The van der Waals surface area contributed by atoms with Crippen molar-refractivity contribution in [2.75, 3.05) is 7.11 Å². The molecule has 2 aromatic rings. The number of hydrogen-bond donors (Lipinski definition) is 0. The van der Waals surface area contributed by atoms with Gasteiger partial charge in [0.05, 0.1) is 7.11 Å². The van der Waals surface area contributed by atoms with Gasteiger partial charge in [0.2, 0.25) is 0 Å². The van der Waals surface area contributed by atoms with Gasteiger partial charge in [0, 0.05) is 17.0 Å². The van der Waals surface area contributed by atoms with E-state index in [1.807, 2.05) is 12.1 Å². The van der Waals surface area contributed by atoms with Crippen LogP contribution in [0.4, 0.5) is 0 Å². The van der Waals surface area contributed by atoms with Crippen molar-refractivity contribution in [3.05, 3.63) is 51.9 Å². The first-order valence-corrected chi connectivity index (χ1v) is 6.41. The van der Waals surface area contributed by atoms with Crippen molar-refractivity contribution in [3.63, 3.8) is 0 Å². The Kier molecular flexibility index (Phi) is 4.05. The van der Waals surface area contributed by atoms with Crippen LogP contribution in [0.2, 0.25) is 0 Å². The third-order valence-corrected chi connectivity index (χ3v) is 3.28. The molecule has 2 rings (SSSR count). The average Bonchev–Trinajstić information content (AvgIpc) is 2.44. The van der Waals surface area contributed by atoms with Crippen LogP contribution in [0.5, 0.6) is 5.75 Å². The zero-order valence-corrected chi connectivity index (χ0v) is 11.5. The van der Waals surface area contributed by atoms with Crippen LogP contribution < -0.4 is 10.4 Å². The Balaban J connectivity index is 2.60. The summed E-state index contributed by atoms with van der Waals surface area (Å²) in [5.74, 6) is 0.752. The van der Waals surface area contributed by atoms with Gasteiger partial charge in [-0.05, 0) is 38.0 Å². The second-order valence-corrected chi connectivity index (χ2v) is 4.53. The predicted molar refractivity (Wildman–Crippen MR) is 76.8 cm³/mol. The summed E-state index contributed by atoms with van der Waals surface area (Å²) in [6, 6.07) is 7.02. The highest BCUT2D eigenvalue weighted by Crippen LogP contribution is 2.28. The van der Waals surface area contributed by atoms with E-state index in [2.05, 4.69) is 19.9 Å². The molecule has 3 nitrogen and oxygen atoms in total. The highest BCUT2D eigenvalue weighted by molar-refractivity contribution is 5.82. The largest absolute Gasteiger partial charge is 0.496 e. The van der Waals surface area contributed by atoms with Crippen LogP contribution >= 0.6 is 0 Å². The van der Waals surface area contributed by atoms with Crippen LogP contribution in [-0.2, 0) is 6.42 Å². The van der Waals surface area contributed by atoms with E-state index in [-0.39, 0.29) is 5.63 Å². The van der Waals surface area contributed by atoms with Gasteiger partial charge in [-0.15, -0.1) is 0 Å². The molecule has 1 aromatic carbocycles.